The number of amides is 1. The largest absolute Gasteiger partial charge is 0.484 e. The number of nitrogens with one attached hydrogen (secondary N) is 1. The molecule has 2 aromatic carbocycles. The Bertz CT molecular complexity index is 804. The van der Waals surface area contributed by atoms with E-state index in [2.05, 4.69) is 17.2 Å². The number of aryl methyl sites for hydroxylation is 1. The standard InChI is InChI=1S/C19H16F3NO2/c1-14-6-2-3-10-17(14)25-13-18(24)23-11-5-8-15-7-4-9-16(12-15)19(20,21)22/h2-4,6-7,9-10,12H,11,13H2,1H3,(H,23,24). The molecule has 6 heteroatoms. The van der Waals surface area contributed by atoms with Gasteiger partial charge in [-0.2, -0.15) is 13.2 Å². The molecule has 0 bridgehead atoms. The number of alkyl halides is 3. The van der Waals surface area contributed by atoms with Crippen LogP contribution in [0.3, 0.4) is 0 Å². The third-order valence-electron chi connectivity index (χ3n) is 3.25. The number of carbonyl (C=O) groups is 1. The highest BCUT2D eigenvalue weighted by Gasteiger charge is 2.30. The van der Waals surface area contributed by atoms with Gasteiger partial charge >= 0.3 is 6.18 Å². The van der Waals surface area contributed by atoms with Crippen molar-refractivity contribution in [2.45, 2.75) is 13.1 Å². The Labute approximate surface area is 143 Å². The Hall–Kier alpha value is -2.94. The molecule has 130 valence electrons. The van der Waals surface area contributed by atoms with Crippen molar-refractivity contribution in [2.75, 3.05) is 13.2 Å². The number of halogens is 3. The van der Waals surface area contributed by atoms with Crippen LogP contribution >= 0.6 is 0 Å². The third-order valence-corrected chi connectivity index (χ3v) is 3.25. The lowest BCUT2D eigenvalue weighted by Crippen LogP contribution is -2.29. The van der Waals surface area contributed by atoms with Gasteiger partial charge in [0.1, 0.15) is 5.75 Å². The van der Waals surface area contributed by atoms with E-state index in [9.17, 15) is 18.0 Å². The number of carbonyl (C=O) groups excluding carboxylic acids is 1. The second kappa shape index (κ2) is 8.25. The molecule has 1 N–H and O–H groups in total. The predicted molar refractivity (Wildman–Crippen MR) is 88.0 cm³/mol. The molecule has 0 unspecified atom stereocenters. The van der Waals surface area contributed by atoms with E-state index < -0.39 is 11.7 Å². The quantitative estimate of drug-likeness (QED) is 0.859. The first-order valence-corrected chi connectivity index (χ1v) is 7.47. The van der Waals surface area contributed by atoms with E-state index in [0.717, 1.165) is 17.7 Å². The Kier molecular flexibility index (Phi) is 6.07. The Morgan fingerprint density at radius 3 is 2.64 bits per heavy atom. The van der Waals surface area contributed by atoms with E-state index in [1.807, 2.05) is 19.1 Å². The number of hydrogen-bond donors (Lipinski definition) is 1. The molecule has 0 atom stereocenters. The van der Waals surface area contributed by atoms with Gasteiger partial charge < -0.3 is 10.1 Å². The summed E-state index contributed by atoms with van der Waals surface area (Å²) in [4.78, 5) is 11.7. The monoisotopic (exact) mass is 347 g/mol. The van der Waals surface area contributed by atoms with Crippen LogP contribution in [0.25, 0.3) is 0 Å². The SMILES string of the molecule is Cc1ccccc1OCC(=O)NCC#Cc1cccc(C(F)(F)F)c1. The molecule has 2 aromatic rings. The number of para-hydroxylation sites is 1. The molecule has 0 saturated carbocycles. The van der Waals surface area contributed by atoms with Crippen LogP contribution in [0.2, 0.25) is 0 Å². The maximum atomic E-state index is 12.6. The summed E-state index contributed by atoms with van der Waals surface area (Å²) in [6.45, 7) is 1.73. The van der Waals surface area contributed by atoms with Crippen LogP contribution in [0.15, 0.2) is 48.5 Å². The molecule has 0 fully saturated rings. The van der Waals surface area contributed by atoms with Gasteiger partial charge in [0.15, 0.2) is 6.61 Å². The van der Waals surface area contributed by atoms with Crippen molar-refractivity contribution in [3.63, 3.8) is 0 Å². The van der Waals surface area contributed by atoms with Gasteiger partial charge in [-0.05, 0) is 36.8 Å². The van der Waals surface area contributed by atoms with Crippen molar-refractivity contribution in [3.05, 3.63) is 65.2 Å². The molecule has 0 aliphatic carbocycles. The van der Waals surface area contributed by atoms with E-state index in [1.54, 1.807) is 12.1 Å². The summed E-state index contributed by atoms with van der Waals surface area (Å²) in [7, 11) is 0. The van der Waals surface area contributed by atoms with E-state index >= 15 is 0 Å². The summed E-state index contributed by atoms with van der Waals surface area (Å²) >= 11 is 0. The normalized spacial score (nSPS) is 10.6. The zero-order chi connectivity index (χ0) is 18.3. The van der Waals surface area contributed by atoms with Crippen LogP contribution in [-0.2, 0) is 11.0 Å². The first kappa shape index (κ1) is 18.4. The van der Waals surface area contributed by atoms with Crippen molar-refractivity contribution < 1.29 is 22.7 Å². The molecule has 0 aliphatic heterocycles. The van der Waals surface area contributed by atoms with E-state index in [0.29, 0.717) is 5.75 Å². The Morgan fingerprint density at radius 1 is 1.16 bits per heavy atom. The summed E-state index contributed by atoms with van der Waals surface area (Å²) in [5, 5.41) is 2.53. The summed E-state index contributed by atoms with van der Waals surface area (Å²) < 4.78 is 43.2. The van der Waals surface area contributed by atoms with E-state index in [4.69, 9.17) is 4.74 Å². The highest BCUT2D eigenvalue weighted by molar-refractivity contribution is 5.77. The second-order valence-electron chi connectivity index (χ2n) is 5.21. The number of ether oxygens (including phenoxy) is 1. The fraction of sp³-hybridized carbons (Fsp3) is 0.211. The summed E-state index contributed by atoms with van der Waals surface area (Å²) in [5.41, 5.74) is 0.398. The van der Waals surface area contributed by atoms with Crippen LogP contribution in [0.4, 0.5) is 13.2 Å². The first-order chi connectivity index (χ1) is 11.9. The van der Waals surface area contributed by atoms with Crippen LogP contribution in [0, 0.1) is 18.8 Å². The molecule has 0 heterocycles. The molecule has 0 spiro atoms. The average Bonchev–Trinajstić information content (AvgIpc) is 2.57. The Balaban J connectivity index is 1.82. The van der Waals surface area contributed by atoms with Crippen LogP contribution < -0.4 is 10.1 Å². The van der Waals surface area contributed by atoms with Gasteiger partial charge in [0, 0.05) is 5.56 Å². The van der Waals surface area contributed by atoms with Crippen molar-refractivity contribution in [1.82, 2.24) is 5.32 Å². The highest BCUT2D eigenvalue weighted by Crippen LogP contribution is 2.29. The number of hydrogen-bond acceptors (Lipinski definition) is 2. The zero-order valence-electron chi connectivity index (χ0n) is 13.5. The topological polar surface area (TPSA) is 38.3 Å². The van der Waals surface area contributed by atoms with Gasteiger partial charge in [-0.25, -0.2) is 0 Å². The summed E-state index contributed by atoms with van der Waals surface area (Å²) in [6, 6.07) is 12.0. The van der Waals surface area contributed by atoms with Gasteiger partial charge in [0.05, 0.1) is 12.1 Å². The number of rotatable bonds is 4. The lowest BCUT2D eigenvalue weighted by atomic mass is 10.1. The smallest absolute Gasteiger partial charge is 0.416 e. The molecule has 1 amide bonds. The fourth-order valence-electron chi connectivity index (χ4n) is 1.98. The predicted octanol–water partition coefficient (Wildman–Crippen LogP) is 3.56. The summed E-state index contributed by atoms with van der Waals surface area (Å²) in [5.74, 6) is 5.46. The fourth-order valence-corrected chi connectivity index (χ4v) is 1.98. The average molecular weight is 347 g/mol. The van der Waals surface area contributed by atoms with Crippen molar-refractivity contribution in [1.29, 1.82) is 0 Å². The molecule has 2 rings (SSSR count). The molecular weight excluding hydrogens is 331 g/mol. The molecule has 3 nitrogen and oxygen atoms in total. The molecule has 25 heavy (non-hydrogen) atoms. The minimum absolute atomic E-state index is 0.0201. The van der Waals surface area contributed by atoms with E-state index in [-0.39, 0.29) is 24.6 Å². The Morgan fingerprint density at radius 2 is 1.92 bits per heavy atom. The van der Waals surface area contributed by atoms with Crippen molar-refractivity contribution in [3.8, 4) is 17.6 Å². The van der Waals surface area contributed by atoms with Gasteiger partial charge in [-0.1, -0.05) is 36.1 Å². The summed E-state index contributed by atoms with van der Waals surface area (Å²) in [6.07, 6.45) is -4.40. The molecule has 0 aliphatic rings. The highest BCUT2D eigenvalue weighted by atomic mass is 19.4. The molecule has 0 radical (unpaired) electrons. The van der Waals surface area contributed by atoms with Gasteiger partial charge in [-0.15, -0.1) is 0 Å². The zero-order valence-corrected chi connectivity index (χ0v) is 13.5. The number of benzene rings is 2. The van der Waals surface area contributed by atoms with Crippen molar-refractivity contribution in [2.24, 2.45) is 0 Å². The third kappa shape index (κ3) is 5.88. The molecular formula is C19H16F3NO2. The maximum absolute atomic E-state index is 12.6. The van der Waals surface area contributed by atoms with Crippen LogP contribution in [-0.4, -0.2) is 19.1 Å². The second-order valence-corrected chi connectivity index (χ2v) is 5.21. The maximum Gasteiger partial charge on any atom is 0.416 e. The van der Waals surface area contributed by atoms with E-state index in [1.165, 1.54) is 12.1 Å². The van der Waals surface area contributed by atoms with Gasteiger partial charge in [0.2, 0.25) is 0 Å². The van der Waals surface area contributed by atoms with Crippen LogP contribution in [0.1, 0.15) is 16.7 Å². The lowest BCUT2D eigenvalue weighted by molar-refractivity contribution is -0.137. The van der Waals surface area contributed by atoms with Crippen LogP contribution in [0.5, 0.6) is 5.75 Å². The molecule has 0 aromatic heterocycles. The van der Waals surface area contributed by atoms with Crippen molar-refractivity contribution >= 4 is 5.91 Å². The lowest BCUT2D eigenvalue weighted by Gasteiger charge is -2.08. The van der Waals surface area contributed by atoms with Gasteiger partial charge in [-0.3, -0.25) is 4.79 Å². The first-order valence-electron chi connectivity index (χ1n) is 7.47. The van der Waals surface area contributed by atoms with Gasteiger partial charge in [0.25, 0.3) is 5.91 Å². The molecule has 0 saturated heterocycles. The minimum atomic E-state index is -4.40. The minimum Gasteiger partial charge on any atom is -0.484 e.